The number of ether oxygens (including phenoxy) is 1. The summed E-state index contributed by atoms with van der Waals surface area (Å²) in [4.78, 5) is 12.8. The van der Waals surface area contributed by atoms with E-state index in [2.05, 4.69) is 26.5 Å². The molecule has 1 N–H and O–H groups in total. The van der Waals surface area contributed by atoms with Gasteiger partial charge in [0.25, 0.3) is 15.9 Å². The minimum atomic E-state index is -4.03. The lowest BCUT2D eigenvalue weighted by molar-refractivity contribution is -0.119. The van der Waals surface area contributed by atoms with E-state index >= 15 is 0 Å². The minimum absolute atomic E-state index is 0.0538. The molecule has 0 aliphatic carbocycles. The van der Waals surface area contributed by atoms with Crippen molar-refractivity contribution in [3.8, 4) is 5.75 Å². The molecular weight excluding hydrogens is 518 g/mol. The van der Waals surface area contributed by atoms with E-state index in [4.69, 9.17) is 4.74 Å². The highest BCUT2D eigenvalue weighted by molar-refractivity contribution is 9.10. The molecule has 0 unspecified atom stereocenters. The zero-order valence-corrected chi connectivity index (χ0v) is 21.6. The maximum atomic E-state index is 13.5. The average molecular weight is 544 g/mol. The Hall–Kier alpha value is -3.17. The molecule has 0 spiro atoms. The van der Waals surface area contributed by atoms with Crippen LogP contribution in [0, 0.1) is 6.92 Å². The molecule has 0 saturated heterocycles. The van der Waals surface area contributed by atoms with Crippen LogP contribution in [0.4, 0.5) is 5.69 Å². The molecular formula is C25H26BrN3O4S. The van der Waals surface area contributed by atoms with E-state index in [1.165, 1.54) is 12.1 Å². The number of benzene rings is 3. The van der Waals surface area contributed by atoms with E-state index in [9.17, 15) is 13.2 Å². The maximum Gasteiger partial charge on any atom is 0.264 e. The average Bonchev–Trinajstić information content (AvgIpc) is 2.82. The van der Waals surface area contributed by atoms with Crippen LogP contribution < -0.4 is 14.5 Å². The Morgan fingerprint density at radius 1 is 1.06 bits per heavy atom. The van der Waals surface area contributed by atoms with Crippen LogP contribution in [0.3, 0.4) is 0 Å². The Balaban J connectivity index is 1.86. The van der Waals surface area contributed by atoms with E-state index in [1.807, 2.05) is 38.1 Å². The summed E-state index contributed by atoms with van der Waals surface area (Å²) in [5, 5.41) is 4.14. The second-order valence-electron chi connectivity index (χ2n) is 7.49. The number of sulfonamides is 1. The normalized spacial score (nSPS) is 11.7. The number of nitrogens with zero attached hydrogens (tertiary/aromatic N) is 2. The van der Waals surface area contributed by atoms with Crippen molar-refractivity contribution in [3.05, 3.63) is 88.4 Å². The highest BCUT2D eigenvalue weighted by Gasteiger charge is 2.27. The van der Waals surface area contributed by atoms with Crippen LogP contribution in [-0.2, 0) is 14.8 Å². The molecule has 0 heterocycles. The Labute approximate surface area is 208 Å². The van der Waals surface area contributed by atoms with Crippen molar-refractivity contribution in [1.82, 2.24) is 5.43 Å². The molecule has 34 heavy (non-hydrogen) atoms. The van der Waals surface area contributed by atoms with Gasteiger partial charge in [0.05, 0.1) is 22.9 Å². The molecule has 0 atom stereocenters. The van der Waals surface area contributed by atoms with E-state index in [-0.39, 0.29) is 4.90 Å². The van der Waals surface area contributed by atoms with Crippen LogP contribution in [-0.4, -0.2) is 33.2 Å². The van der Waals surface area contributed by atoms with E-state index in [1.54, 1.807) is 43.3 Å². The zero-order chi connectivity index (χ0) is 24.7. The summed E-state index contributed by atoms with van der Waals surface area (Å²) in [6.07, 6.45) is 0. The first-order valence-electron chi connectivity index (χ1n) is 10.6. The van der Waals surface area contributed by atoms with Crippen LogP contribution in [0.5, 0.6) is 5.75 Å². The third kappa shape index (κ3) is 6.45. The van der Waals surface area contributed by atoms with Crippen LogP contribution in [0.15, 0.2) is 87.3 Å². The predicted molar refractivity (Wildman–Crippen MR) is 138 cm³/mol. The number of amides is 1. The van der Waals surface area contributed by atoms with Crippen LogP contribution >= 0.6 is 15.9 Å². The number of carbonyl (C=O) groups excluding carboxylic acids is 1. The summed E-state index contributed by atoms with van der Waals surface area (Å²) in [6, 6.07) is 20.5. The summed E-state index contributed by atoms with van der Waals surface area (Å²) in [5.74, 6) is 0.00266. The molecule has 3 aromatic carbocycles. The van der Waals surface area contributed by atoms with Crippen molar-refractivity contribution < 1.29 is 17.9 Å². The number of halogens is 1. The lowest BCUT2D eigenvalue weighted by Gasteiger charge is -2.24. The van der Waals surface area contributed by atoms with Gasteiger partial charge in [-0.15, -0.1) is 0 Å². The molecule has 3 rings (SSSR count). The van der Waals surface area contributed by atoms with Crippen molar-refractivity contribution in [1.29, 1.82) is 0 Å². The Kier molecular flexibility index (Phi) is 8.46. The van der Waals surface area contributed by atoms with Gasteiger partial charge in [-0.05, 0) is 74.9 Å². The molecule has 9 heteroatoms. The van der Waals surface area contributed by atoms with Gasteiger partial charge in [-0.2, -0.15) is 5.10 Å². The van der Waals surface area contributed by atoms with E-state index in [0.29, 0.717) is 23.8 Å². The second kappa shape index (κ2) is 11.3. The molecule has 0 saturated carbocycles. The van der Waals surface area contributed by atoms with Crippen LogP contribution in [0.2, 0.25) is 0 Å². The standard InChI is InChI=1S/C25H26BrN3O4S/c1-4-33-23-12-14-24(15-13-23)34(31,32)29(22-10-8-18(2)9-11-22)17-25(30)28-27-19(3)20-6-5-7-21(26)16-20/h5-16H,4,17H2,1-3H3,(H,28,30)/b27-19-. The molecule has 3 aromatic rings. The summed E-state index contributed by atoms with van der Waals surface area (Å²) in [7, 11) is -4.03. The molecule has 1 amide bonds. The van der Waals surface area contributed by atoms with Gasteiger partial charge in [0.1, 0.15) is 12.3 Å². The van der Waals surface area contributed by atoms with Gasteiger partial charge >= 0.3 is 0 Å². The number of nitrogens with one attached hydrogen (secondary N) is 1. The lowest BCUT2D eigenvalue weighted by Crippen LogP contribution is -2.39. The Morgan fingerprint density at radius 3 is 2.35 bits per heavy atom. The van der Waals surface area contributed by atoms with Crippen molar-refractivity contribution >= 4 is 43.3 Å². The maximum absolute atomic E-state index is 13.5. The summed E-state index contributed by atoms with van der Waals surface area (Å²) < 4.78 is 34.3. The van der Waals surface area contributed by atoms with Gasteiger partial charge in [-0.3, -0.25) is 9.10 Å². The van der Waals surface area contributed by atoms with E-state index < -0.39 is 22.5 Å². The summed E-state index contributed by atoms with van der Waals surface area (Å²) in [6.45, 7) is 5.55. The zero-order valence-electron chi connectivity index (χ0n) is 19.2. The minimum Gasteiger partial charge on any atom is -0.494 e. The molecule has 0 radical (unpaired) electrons. The number of aryl methyl sites for hydroxylation is 1. The molecule has 0 aromatic heterocycles. The molecule has 0 aliphatic heterocycles. The van der Waals surface area contributed by atoms with Gasteiger partial charge in [0.2, 0.25) is 0 Å². The van der Waals surface area contributed by atoms with Gasteiger partial charge in [-0.1, -0.05) is 45.8 Å². The number of hydrazone groups is 1. The Morgan fingerprint density at radius 2 is 1.74 bits per heavy atom. The van der Waals surface area contributed by atoms with Crippen molar-refractivity contribution in [2.75, 3.05) is 17.5 Å². The largest absolute Gasteiger partial charge is 0.494 e. The van der Waals surface area contributed by atoms with Crippen molar-refractivity contribution in [2.24, 2.45) is 5.10 Å². The molecule has 0 bridgehead atoms. The molecule has 0 aliphatic rings. The van der Waals surface area contributed by atoms with Gasteiger partial charge in [-0.25, -0.2) is 13.8 Å². The fraction of sp³-hybridized carbons (Fsp3) is 0.200. The van der Waals surface area contributed by atoms with E-state index in [0.717, 1.165) is 19.9 Å². The SMILES string of the molecule is CCOc1ccc(S(=O)(=O)N(CC(=O)N/N=C(/C)c2cccc(Br)c2)c2ccc(C)cc2)cc1. The number of rotatable bonds is 9. The third-order valence-electron chi connectivity index (χ3n) is 4.92. The molecule has 178 valence electrons. The topological polar surface area (TPSA) is 88.1 Å². The van der Waals surface area contributed by atoms with Crippen LogP contribution in [0.1, 0.15) is 25.0 Å². The second-order valence-corrected chi connectivity index (χ2v) is 10.3. The number of carbonyl (C=O) groups is 1. The lowest BCUT2D eigenvalue weighted by atomic mass is 10.1. The number of hydrogen-bond donors (Lipinski definition) is 1. The predicted octanol–water partition coefficient (Wildman–Crippen LogP) is 4.89. The first kappa shape index (κ1) is 25.5. The fourth-order valence-corrected chi connectivity index (χ4v) is 4.94. The molecule has 7 nitrogen and oxygen atoms in total. The highest BCUT2D eigenvalue weighted by Crippen LogP contribution is 2.25. The summed E-state index contributed by atoms with van der Waals surface area (Å²) in [5.41, 5.74) is 5.23. The molecule has 0 fully saturated rings. The van der Waals surface area contributed by atoms with Crippen molar-refractivity contribution in [3.63, 3.8) is 0 Å². The Bertz CT molecular complexity index is 1270. The highest BCUT2D eigenvalue weighted by atomic mass is 79.9. The first-order valence-corrected chi connectivity index (χ1v) is 12.9. The fourth-order valence-electron chi connectivity index (χ4n) is 3.12. The van der Waals surface area contributed by atoms with Gasteiger partial charge in [0, 0.05) is 4.47 Å². The smallest absolute Gasteiger partial charge is 0.264 e. The summed E-state index contributed by atoms with van der Waals surface area (Å²) >= 11 is 3.41. The monoisotopic (exact) mass is 543 g/mol. The van der Waals surface area contributed by atoms with Crippen molar-refractivity contribution in [2.45, 2.75) is 25.7 Å². The quantitative estimate of drug-likeness (QED) is 0.307. The van der Waals surface area contributed by atoms with Gasteiger partial charge in [0.15, 0.2) is 0 Å². The number of hydrogen-bond acceptors (Lipinski definition) is 5. The first-order chi connectivity index (χ1) is 16.2. The number of anilines is 1. The third-order valence-corrected chi connectivity index (χ3v) is 7.20. The van der Waals surface area contributed by atoms with Gasteiger partial charge < -0.3 is 4.74 Å². The van der Waals surface area contributed by atoms with Crippen LogP contribution in [0.25, 0.3) is 0 Å².